The van der Waals surface area contributed by atoms with Crippen LogP contribution >= 0.6 is 0 Å². The van der Waals surface area contributed by atoms with E-state index in [9.17, 15) is 0 Å². The minimum Gasteiger partial charge on any atom is -0.467 e. The Balaban J connectivity index is 2.09. The summed E-state index contributed by atoms with van der Waals surface area (Å²) in [7, 11) is 2.97. The van der Waals surface area contributed by atoms with E-state index in [0.29, 0.717) is 12.6 Å². The third-order valence-electron chi connectivity index (χ3n) is 3.00. The van der Waals surface area contributed by atoms with Gasteiger partial charge in [-0.25, -0.2) is 0 Å². The highest BCUT2D eigenvalue weighted by Gasteiger charge is 2.40. The van der Waals surface area contributed by atoms with Crippen LogP contribution in [-0.2, 0) is 4.74 Å². The lowest BCUT2D eigenvalue weighted by molar-refractivity contribution is -0.0128. The maximum Gasteiger partial charge on any atom is 0.324 e. The molecule has 0 spiro atoms. The predicted octanol–water partition coefficient (Wildman–Crippen LogP) is -0.195. The monoisotopic (exact) mass is 269 g/mol. The smallest absolute Gasteiger partial charge is 0.324 e. The Labute approximate surface area is 111 Å². The number of aromatic nitrogens is 3. The van der Waals surface area contributed by atoms with Crippen molar-refractivity contribution >= 4 is 5.95 Å². The van der Waals surface area contributed by atoms with Gasteiger partial charge in [-0.3, -0.25) is 0 Å². The zero-order valence-corrected chi connectivity index (χ0v) is 11.3. The molecule has 1 heterocycles. The van der Waals surface area contributed by atoms with Gasteiger partial charge >= 0.3 is 12.0 Å². The van der Waals surface area contributed by atoms with E-state index in [1.165, 1.54) is 14.2 Å². The molecule has 1 saturated carbocycles. The van der Waals surface area contributed by atoms with Crippen molar-refractivity contribution in [2.24, 2.45) is 5.73 Å². The average Bonchev–Trinajstić information content (AvgIpc) is 2.44. The van der Waals surface area contributed by atoms with Crippen molar-refractivity contribution in [1.82, 2.24) is 15.0 Å². The normalized spacial score (nSPS) is 25.6. The van der Waals surface area contributed by atoms with Gasteiger partial charge in [-0.05, 0) is 13.3 Å². The van der Waals surface area contributed by atoms with Gasteiger partial charge in [0.1, 0.15) is 0 Å². The van der Waals surface area contributed by atoms with Gasteiger partial charge in [0, 0.05) is 12.6 Å². The van der Waals surface area contributed by atoms with Crippen molar-refractivity contribution in [1.29, 1.82) is 0 Å². The number of ether oxygens (including phenoxy) is 3. The fraction of sp³-hybridized carbons (Fsp3) is 0.727. The molecular weight excluding hydrogens is 250 g/mol. The number of nitrogens with zero attached hydrogens (tertiary/aromatic N) is 3. The van der Waals surface area contributed by atoms with Crippen LogP contribution in [0.2, 0.25) is 0 Å². The number of anilines is 1. The van der Waals surface area contributed by atoms with E-state index in [2.05, 4.69) is 20.3 Å². The van der Waals surface area contributed by atoms with Gasteiger partial charge < -0.3 is 25.3 Å². The maximum absolute atomic E-state index is 5.96. The second-order valence-corrected chi connectivity index (χ2v) is 4.20. The molecule has 1 fully saturated rings. The Kier molecular flexibility index (Phi) is 4.33. The van der Waals surface area contributed by atoms with Gasteiger partial charge in [-0.15, -0.1) is 4.98 Å². The molecule has 8 nitrogen and oxygen atoms in total. The zero-order valence-electron chi connectivity index (χ0n) is 11.3. The van der Waals surface area contributed by atoms with E-state index in [1.807, 2.05) is 6.92 Å². The molecule has 0 aliphatic heterocycles. The van der Waals surface area contributed by atoms with Gasteiger partial charge in [0.05, 0.1) is 26.4 Å². The standard InChI is InChI=1S/C11H19N5O3/c1-4-19-7-5-6(12)8(7)13-9-14-10(17-2)16-11(15-9)18-3/h6-8H,4-5,12H2,1-3H3,(H,13,14,15,16). The van der Waals surface area contributed by atoms with Crippen LogP contribution in [0.15, 0.2) is 0 Å². The van der Waals surface area contributed by atoms with Crippen molar-refractivity contribution < 1.29 is 14.2 Å². The van der Waals surface area contributed by atoms with E-state index in [0.717, 1.165) is 6.42 Å². The second-order valence-electron chi connectivity index (χ2n) is 4.20. The summed E-state index contributed by atoms with van der Waals surface area (Å²) in [5, 5.41) is 3.14. The van der Waals surface area contributed by atoms with Gasteiger partial charge in [-0.2, -0.15) is 9.97 Å². The molecule has 0 bridgehead atoms. The summed E-state index contributed by atoms with van der Waals surface area (Å²) < 4.78 is 15.5. The molecule has 1 aliphatic rings. The van der Waals surface area contributed by atoms with Crippen LogP contribution in [0.25, 0.3) is 0 Å². The Morgan fingerprint density at radius 1 is 1.21 bits per heavy atom. The fourth-order valence-corrected chi connectivity index (χ4v) is 1.96. The second kappa shape index (κ2) is 5.98. The third-order valence-corrected chi connectivity index (χ3v) is 3.00. The Morgan fingerprint density at radius 3 is 2.32 bits per heavy atom. The first-order valence-corrected chi connectivity index (χ1v) is 6.15. The summed E-state index contributed by atoms with van der Waals surface area (Å²) in [6.45, 7) is 2.61. The minimum atomic E-state index is -0.0169. The van der Waals surface area contributed by atoms with Crippen molar-refractivity contribution in [2.45, 2.75) is 31.5 Å². The van der Waals surface area contributed by atoms with Gasteiger partial charge in [0.25, 0.3) is 0 Å². The quantitative estimate of drug-likeness (QED) is 0.732. The van der Waals surface area contributed by atoms with E-state index < -0.39 is 0 Å². The highest BCUT2D eigenvalue weighted by molar-refractivity contribution is 5.32. The molecule has 3 atom stereocenters. The maximum atomic E-state index is 5.96. The molecule has 8 heteroatoms. The molecule has 1 aromatic heterocycles. The summed E-state index contributed by atoms with van der Waals surface area (Å²) in [4.78, 5) is 12.1. The largest absolute Gasteiger partial charge is 0.467 e. The van der Waals surface area contributed by atoms with Gasteiger partial charge in [0.2, 0.25) is 5.95 Å². The van der Waals surface area contributed by atoms with E-state index >= 15 is 0 Å². The Morgan fingerprint density at radius 2 is 1.84 bits per heavy atom. The van der Waals surface area contributed by atoms with Crippen molar-refractivity contribution in [3.63, 3.8) is 0 Å². The van der Waals surface area contributed by atoms with E-state index in [-0.39, 0.29) is 30.2 Å². The zero-order chi connectivity index (χ0) is 13.8. The van der Waals surface area contributed by atoms with Gasteiger partial charge in [0.15, 0.2) is 0 Å². The van der Waals surface area contributed by atoms with Crippen LogP contribution in [0.1, 0.15) is 13.3 Å². The predicted molar refractivity (Wildman–Crippen MR) is 68.3 cm³/mol. The summed E-state index contributed by atoms with van der Waals surface area (Å²) in [6.07, 6.45) is 0.902. The number of hydrogen-bond donors (Lipinski definition) is 2. The lowest BCUT2D eigenvalue weighted by Gasteiger charge is -2.42. The minimum absolute atomic E-state index is 0.0169. The molecule has 1 aromatic rings. The molecule has 3 unspecified atom stereocenters. The van der Waals surface area contributed by atoms with Crippen LogP contribution in [0.4, 0.5) is 5.95 Å². The number of methoxy groups -OCH3 is 2. The van der Waals surface area contributed by atoms with Crippen molar-refractivity contribution in [3.05, 3.63) is 0 Å². The van der Waals surface area contributed by atoms with E-state index in [1.54, 1.807) is 0 Å². The van der Waals surface area contributed by atoms with Crippen LogP contribution in [0, 0.1) is 0 Å². The molecule has 3 N–H and O–H groups in total. The molecule has 2 rings (SSSR count). The molecule has 106 valence electrons. The molecule has 0 saturated heterocycles. The first-order valence-electron chi connectivity index (χ1n) is 6.15. The first kappa shape index (κ1) is 13.8. The highest BCUT2D eigenvalue weighted by Crippen LogP contribution is 2.26. The van der Waals surface area contributed by atoms with Gasteiger partial charge in [-0.1, -0.05) is 0 Å². The molecule has 1 aliphatic carbocycles. The summed E-state index contributed by atoms with van der Waals surface area (Å²) in [6, 6.07) is 0.382. The number of rotatable bonds is 6. The topological polar surface area (TPSA) is 104 Å². The van der Waals surface area contributed by atoms with Crippen LogP contribution in [0.3, 0.4) is 0 Å². The third kappa shape index (κ3) is 3.02. The van der Waals surface area contributed by atoms with Crippen LogP contribution in [-0.4, -0.2) is 54.0 Å². The highest BCUT2D eigenvalue weighted by atomic mass is 16.5. The Hall–Kier alpha value is -1.67. The average molecular weight is 269 g/mol. The molecule has 19 heavy (non-hydrogen) atoms. The lowest BCUT2D eigenvalue weighted by Crippen LogP contribution is -2.60. The molecule has 0 radical (unpaired) electrons. The SMILES string of the molecule is CCOC1CC(N)C1Nc1nc(OC)nc(OC)n1. The summed E-state index contributed by atoms with van der Waals surface area (Å²) in [5.74, 6) is 0.369. The molecule has 0 aromatic carbocycles. The summed E-state index contributed by atoms with van der Waals surface area (Å²) in [5.41, 5.74) is 5.96. The lowest BCUT2D eigenvalue weighted by atomic mass is 9.83. The molecular formula is C11H19N5O3. The van der Waals surface area contributed by atoms with Crippen molar-refractivity contribution in [2.75, 3.05) is 26.1 Å². The van der Waals surface area contributed by atoms with Crippen LogP contribution < -0.4 is 20.5 Å². The number of hydrogen-bond acceptors (Lipinski definition) is 8. The molecule has 0 amide bonds. The fourth-order valence-electron chi connectivity index (χ4n) is 1.96. The summed E-state index contributed by atoms with van der Waals surface area (Å²) >= 11 is 0. The van der Waals surface area contributed by atoms with Crippen LogP contribution in [0.5, 0.6) is 12.0 Å². The Bertz CT molecular complexity index is 407. The van der Waals surface area contributed by atoms with Crippen molar-refractivity contribution in [3.8, 4) is 12.0 Å². The first-order chi connectivity index (χ1) is 9.17. The number of nitrogens with two attached hydrogens (primary N) is 1. The van der Waals surface area contributed by atoms with E-state index in [4.69, 9.17) is 19.9 Å². The number of nitrogens with one attached hydrogen (secondary N) is 1.